The van der Waals surface area contributed by atoms with Crippen LogP contribution in [0.4, 0.5) is 0 Å². The molecule has 0 aromatic carbocycles. The lowest BCUT2D eigenvalue weighted by molar-refractivity contribution is 0.0460. The third-order valence-corrected chi connectivity index (χ3v) is 3.75. The van der Waals surface area contributed by atoms with Crippen molar-refractivity contribution in [3.63, 3.8) is 0 Å². The summed E-state index contributed by atoms with van der Waals surface area (Å²) in [5.41, 5.74) is 0.418. The molecule has 0 atom stereocenters. The van der Waals surface area contributed by atoms with E-state index >= 15 is 0 Å². The molecule has 0 radical (unpaired) electrons. The van der Waals surface area contributed by atoms with E-state index in [1.54, 1.807) is 12.4 Å². The Kier molecular flexibility index (Phi) is 3.68. The quantitative estimate of drug-likeness (QED) is 0.855. The molecule has 1 fully saturated rings. The van der Waals surface area contributed by atoms with E-state index < -0.39 is 0 Å². The molecular weight excluding hydrogens is 266 g/mol. The standard InChI is InChI=1S/C15H19N5O/c1-11(2)14-18-5-6-19(14)8-12-9-20(10-12)15(21)13-7-16-3-4-17-13/h3-7,11-12H,8-10H2,1-2H3. The molecule has 3 rings (SSSR count). The molecule has 1 saturated heterocycles. The second kappa shape index (κ2) is 5.63. The Morgan fingerprint density at radius 1 is 1.29 bits per heavy atom. The minimum atomic E-state index is -0.0333. The number of imidazole rings is 1. The van der Waals surface area contributed by atoms with Gasteiger partial charge in [-0.2, -0.15) is 0 Å². The molecule has 6 nitrogen and oxygen atoms in total. The van der Waals surface area contributed by atoms with Crippen LogP contribution in [0.25, 0.3) is 0 Å². The zero-order valence-electron chi connectivity index (χ0n) is 12.3. The van der Waals surface area contributed by atoms with Crippen molar-refractivity contribution in [2.24, 2.45) is 5.92 Å². The van der Waals surface area contributed by atoms with Gasteiger partial charge in [-0.15, -0.1) is 0 Å². The molecule has 0 spiro atoms. The van der Waals surface area contributed by atoms with Crippen molar-refractivity contribution in [3.8, 4) is 0 Å². The fourth-order valence-corrected chi connectivity index (χ4v) is 2.68. The molecule has 6 heteroatoms. The Bertz CT molecular complexity index is 616. The van der Waals surface area contributed by atoms with Gasteiger partial charge < -0.3 is 9.47 Å². The van der Waals surface area contributed by atoms with E-state index in [-0.39, 0.29) is 5.91 Å². The molecule has 21 heavy (non-hydrogen) atoms. The normalized spacial score (nSPS) is 15.3. The fraction of sp³-hybridized carbons (Fsp3) is 0.467. The van der Waals surface area contributed by atoms with Crippen molar-refractivity contribution in [1.29, 1.82) is 0 Å². The van der Waals surface area contributed by atoms with Gasteiger partial charge >= 0.3 is 0 Å². The molecule has 0 N–H and O–H groups in total. The summed E-state index contributed by atoms with van der Waals surface area (Å²) in [6, 6.07) is 0. The largest absolute Gasteiger partial charge is 0.336 e. The van der Waals surface area contributed by atoms with Crippen LogP contribution >= 0.6 is 0 Å². The van der Waals surface area contributed by atoms with Crippen LogP contribution in [-0.2, 0) is 6.54 Å². The minimum absolute atomic E-state index is 0.0333. The molecular formula is C15H19N5O. The fourth-order valence-electron chi connectivity index (χ4n) is 2.68. The number of rotatable bonds is 4. The lowest BCUT2D eigenvalue weighted by atomic mass is 9.99. The Labute approximate surface area is 123 Å². The van der Waals surface area contributed by atoms with Crippen LogP contribution in [-0.4, -0.2) is 43.4 Å². The summed E-state index contributed by atoms with van der Waals surface area (Å²) in [6.45, 7) is 6.74. The second-order valence-corrected chi connectivity index (χ2v) is 5.76. The van der Waals surface area contributed by atoms with Crippen molar-refractivity contribution in [2.45, 2.75) is 26.3 Å². The van der Waals surface area contributed by atoms with Crippen LogP contribution in [0.15, 0.2) is 31.0 Å². The molecule has 110 valence electrons. The molecule has 0 aliphatic carbocycles. The average Bonchev–Trinajstić information content (AvgIpc) is 2.91. The molecule has 1 amide bonds. The first kappa shape index (κ1) is 13.7. The Balaban J connectivity index is 1.57. The molecule has 0 unspecified atom stereocenters. The van der Waals surface area contributed by atoms with Gasteiger partial charge in [0, 0.05) is 56.3 Å². The van der Waals surface area contributed by atoms with Crippen molar-refractivity contribution < 1.29 is 4.79 Å². The summed E-state index contributed by atoms with van der Waals surface area (Å²) in [5, 5.41) is 0. The number of hydrogen-bond acceptors (Lipinski definition) is 4. The van der Waals surface area contributed by atoms with Gasteiger partial charge in [0.2, 0.25) is 0 Å². The maximum Gasteiger partial charge on any atom is 0.274 e. The third-order valence-electron chi connectivity index (χ3n) is 3.75. The lowest BCUT2D eigenvalue weighted by Crippen LogP contribution is -2.51. The van der Waals surface area contributed by atoms with Crippen LogP contribution in [0.5, 0.6) is 0 Å². The van der Waals surface area contributed by atoms with Crippen molar-refractivity contribution in [3.05, 3.63) is 42.5 Å². The highest BCUT2D eigenvalue weighted by molar-refractivity contribution is 5.92. The summed E-state index contributed by atoms with van der Waals surface area (Å²) >= 11 is 0. The van der Waals surface area contributed by atoms with E-state index in [1.807, 2.05) is 17.3 Å². The number of carbonyl (C=O) groups excluding carboxylic acids is 1. The number of amides is 1. The first-order valence-corrected chi connectivity index (χ1v) is 7.21. The van der Waals surface area contributed by atoms with E-state index in [0.29, 0.717) is 17.5 Å². The van der Waals surface area contributed by atoms with Crippen molar-refractivity contribution in [1.82, 2.24) is 24.4 Å². The Morgan fingerprint density at radius 3 is 2.76 bits per heavy atom. The zero-order chi connectivity index (χ0) is 14.8. The summed E-state index contributed by atoms with van der Waals surface area (Å²) < 4.78 is 2.19. The number of nitrogens with zero attached hydrogens (tertiary/aromatic N) is 5. The van der Waals surface area contributed by atoms with Gasteiger partial charge in [-0.3, -0.25) is 9.78 Å². The van der Waals surface area contributed by atoms with Gasteiger partial charge in [-0.05, 0) is 0 Å². The monoisotopic (exact) mass is 285 g/mol. The molecule has 2 aromatic rings. The molecule has 2 aromatic heterocycles. The first-order valence-electron chi connectivity index (χ1n) is 7.21. The molecule has 0 saturated carbocycles. The number of carbonyl (C=O) groups is 1. The topological polar surface area (TPSA) is 63.9 Å². The van der Waals surface area contributed by atoms with Crippen LogP contribution in [0.3, 0.4) is 0 Å². The molecule has 3 heterocycles. The van der Waals surface area contributed by atoms with Crippen molar-refractivity contribution in [2.75, 3.05) is 13.1 Å². The summed E-state index contributed by atoms with van der Waals surface area (Å²) in [4.78, 5) is 26.4. The lowest BCUT2D eigenvalue weighted by Gasteiger charge is -2.39. The van der Waals surface area contributed by atoms with E-state index in [1.165, 1.54) is 6.20 Å². The van der Waals surface area contributed by atoms with Crippen LogP contribution < -0.4 is 0 Å². The first-order chi connectivity index (χ1) is 10.1. The highest BCUT2D eigenvalue weighted by atomic mass is 16.2. The Morgan fingerprint density at radius 2 is 2.10 bits per heavy atom. The van der Waals surface area contributed by atoms with E-state index in [9.17, 15) is 4.79 Å². The average molecular weight is 285 g/mol. The molecule has 1 aliphatic rings. The number of aromatic nitrogens is 4. The summed E-state index contributed by atoms with van der Waals surface area (Å²) in [5.74, 6) is 1.97. The highest BCUT2D eigenvalue weighted by Crippen LogP contribution is 2.21. The number of likely N-dealkylation sites (tertiary alicyclic amines) is 1. The predicted octanol–water partition coefficient (Wildman–Crippen LogP) is 1.57. The zero-order valence-corrected chi connectivity index (χ0v) is 12.3. The van der Waals surface area contributed by atoms with Gasteiger partial charge in [0.1, 0.15) is 11.5 Å². The van der Waals surface area contributed by atoms with E-state index in [4.69, 9.17) is 0 Å². The SMILES string of the molecule is CC(C)c1nccn1CC1CN(C(=O)c2cnccn2)C1. The highest BCUT2D eigenvalue weighted by Gasteiger charge is 2.32. The van der Waals surface area contributed by atoms with Crippen LogP contribution in [0.1, 0.15) is 36.1 Å². The predicted molar refractivity (Wildman–Crippen MR) is 77.7 cm³/mol. The van der Waals surface area contributed by atoms with Gasteiger partial charge in [-0.1, -0.05) is 13.8 Å². The summed E-state index contributed by atoms with van der Waals surface area (Å²) in [7, 11) is 0. The maximum atomic E-state index is 12.2. The number of hydrogen-bond donors (Lipinski definition) is 0. The van der Waals surface area contributed by atoms with Gasteiger partial charge in [0.25, 0.3) is 5.91 Å². The van der Waals surface area contributed by atoms with Gasteiger partial charge in [-0.25, -0.2) is 9.97 Å². The van der Waals surface area contributed by atoms with Gasteiger partial charge in [0.15, 0.2) is 0 Å². The molecule has 1 aliphatic heterocycles. The van der Waals surface area contributed by atoms with Gasteiger partial charge in [0.05, 0.1) is 6.20 Å². The van der Waals surface area contributed by atoms with Crippen LogP contribution in [0.2, 0.25) is 0 Å². The van der Waals surface area contributed by atoms with Crippen molar-refractivity contribution >= 4 is 5.91 Å². The maximum absolute atomic E-state index is 12.2. The molecule has 0 bridgehead atoms. The Hall–Kier alpha value is -2.24. The van der Waals surface area contributed by atoms with E-state index in [0.717, 1.165) is 25.5 Å². The van der Waals surface area contributed by atoms with Crippen LogP contribution in [0, 0.1) is 5.92 Å². The van der Waals surface area contributed by atoms with E-state index in [2.05, 4.69) is 33.4 Å². The minimum Gasteiger partial charge on any atom is -0.336 e. The summed E-state index contributed by atoms with van der Waals surface area (Å²) in [6.07, 6.45) is 8.49. The third kappa shape index (κ3) is 2.79. The smallest absolute Gasteiger partial charge is 0.274 e. The second-order valence-electron chi connectivity index (χ2n) is 5.76.